The van der Waals surface area contributed by atoms with Gasteiger partial charge in [-0.15, -0.1) is 0 Å². The predicted octanol–water partition coefficient (Wildman–Crippen LogP) is 12.7. The van der Waals surface area contributed by atoms with Crippen molar-refractivity contribution in [1.29, 1.82) is 0 Å². The summed E-state index contributed by atoms with van der Waals surface area (Å²) >= 11 is 0. The van der Waals surface area contributed by atoms with E-state index in [1.165, 1.54) is 36.4 Å². The number of aliphatic imine (C=N–C) groups is 1. The summed E-state index contributed by atoms with van der Waals surface area (Å²) in [5.41, 5.74) is -0.783. The number of allylic oxidation sites excluding steroid dienone is 1. The molecule has 0 fully saturated rings. The first-order chi connectivity index (χ1) is 30.5. The minimum absolute atomic E-state index is 0.127. The first kappa shape index (κ1) is 40.5. The first-order valence-corrected chi connectivity index (χ1v) is 19.7. The number of para-hydroxylation sites is 4. The van der Waals surface area contributed by atoms with E-state index in [2.05, 4.69) is 11.8 Å². The number of rotatable bonds is 6. The van der Waals surface area contributed by atoms with Gasteiger partial charge in [0, 0.05) is 33.8 Å². The molecular weight excluding hydrogens is 844 g/mol. The van der Waals surface area contributed by atoms with Gasteiger partial charge in [-0.05, 0) is 116 Å². The van der Waals surface area contributed by atoms with Crippen LogP contribution in [0.1, 0.15) is 29.2 Å². The SMILES string of the molecule is CC12C#CC=CC1N=C(c1cc(-c3nc4ccccc4n3-c3cccc(C(F)(F)F)c3)cc(-c3nc4ccccc4n3-c3cccc(C(F)(F)F)c3)c1)N2c1cccc(C(F)(F)F)c1. The molecule has 0 amide bonds. The van der Waals surface area contributed by atoms with Gasteiger partial charge in [-0.2, -0.15) is 39.5 Å². The van der Waals surface area contributed by atoms with Gasteiger partial charge in [0.25, 0.3) is 0 Å². The van der Waals surface area contributed by atoms with Crippen LogP contribution in [-0.2, 0) is 18.5 Å². The van der Waals surface area contributed by atoms with Crippen molar-refractivity contribution in [2.24, 2.45) is 4.99 Å². The molecule has 15 heteroatoms. The maximum Gasteiger partial charge on any atom is 0.416 e. The smallest absolute Gasteiger partial charge is 0.307 e. The molecule has 6 aromatic carbocycles. The van der Waals surface area contributed by atoms with E-state index < -0.39 is 46.8 Å². The van der Waals surface area contributed by atoms with Crippen LogP contribution < -0.4 is 4.90 Å². The fourth-order valence-corrected chi connectivity index (χ4v) is 8.39. The van der Waals surface area contributed by atoms with Gasteiger partial charge in [-0.25, -0.2) is 9.97 Å². The molecule has 0 spiro atoms. The van der Waals surface area contributed by atoms with E-state index in [0.717, 1.165) is 36.4 Å². The van der Waals surface area contributed by atoms with Crippen LogP contribution >= 0.6 is 0 Å². The van der Waals surface area contributed by atoms with E-state index in [0.29, 0.717) is 38.8 Å². The lowest BCUT2D eigenvalue weighted by Gasteiger charge is -2.37. The molecule has 0 saturated carbocycles. The second kappa shape index (κ2) is 14.5. The van der Waals surface area contributed by atoms with Crippen molar-refractivity contribution in [3.05, 3.63) is 174 Å². The average molecular weight is 873 g/mol. The van der Waals surface area contributed by atoms with E-state index in [1.54, 1.807) is 99.8 Å². The lowest BCUT2D eigenvalue weighted by Crippen LogP contribution is -2.50. The highest BCUT2D eigenvalue weighted by atomic mass is 19.4. The zero-order valence-electron chi connectivity index (χ0n) is 33.1. The molecule has 0 N–H and O–H groups in total. The molecule has 1 aliphatic heterocycles. The number of fused-ring (bicyclic) bond motifs is 3. The number of halogens is 9. The Morgan fingerprint density at radius 2 is 0.953 bits per heavy atom. The van der Waals surface area contributed by atoms with Gasteiger partial charge in [0.1, 0.15) is 29.1 Å². The Morgan fingerprint density at radius 3 is 1.44 bits per heavy atom. The fraction of sp³-hybridized carbons (Fsp3) is 0.122. The zero-order valence-corrected chi connectivity index (χ0v) is 33.1. The number of benzene rings is 6. The lowest BCUT2D eigenvalue weighted by molar-refractivity contribution is -0.138. The standard InChI is InChI=1S/C49H29F9N6/c1-46-22-7-6-21-42(46)61-45(64(46)37-16-10-13-34(28-37)49(56,57)58)31-24-29(43-59-38-17-2-4-19-40(38)62(43)35-14-8-11-32(26-35)47(50,51)52)23-30(25-31)44-60-39-18-3-5-20-41(39)63(44)36-15-9-12-33(27-36)48(53,54)55/h2-6,8-21,23-28,42H,1H3. The van der Waals surface area contributed by atoms with Crippen molar-refractivity contribution >= 4 is 33.6 Å². The molecule has 10 rings (SSSR count). The van der Waals surface area contributed by atoms with Crippen molar-refractivity contribution in [2.45, 2.75) is 37.0 Å². The summed E-state index contributed by atoms with van der Waals surface area (Å²) < 4.78 is 131. The minimum Gasteiger partial charge on any atom is -0.307 e. The van der Waals surface area contributed by atoms with E-state index in [1.807, 2.05) is 0 Å². The van der Waals surface area contributed by atoms with Crippen LogP contribution in [0.3, 0.4) is 0 Å². The van der Waals surface area contributed by atoms with Crippen molar-refractivity contribution in [3.8, 4) is 46.0 Å². The quantitative estimate of drug-likeness (QED) is 0.124. The summed E-state index contributed by atoms with van der Waals surface area (Å²) in [6.45, 7) is 1.76. The van der Waals surface area contributed by atoms with Gasteiger partial charge in [0.15, 0.2) is 0 Å². The first-order valence-electron chi connectivity index (χ1n) is 19.7. The molecule has 2 atom stereocenters. The van der Waals surface area contributed by atoms with E-state index in [9.17, 15) is 39.5 Å². The van der Waals surface area contributed by atoms with Crippen LogP contribution in [0.4, 0.5) is 45.2 Å². The van der Waals surface area contributed by atoms with Crippen molar-refractivity contribution in [2.75, 3.05) is 4.90 Å². The zero-order chi connectivity index (χ0) is 44.8. The van der Waals surface area contributed by atoms with Crippen LogP contribution in [0.2, 0.25) is 0 Å². The van der Waals surface area contributed by atoms with Crippen LogP contribution in [0.15, 0.2) is 157 Å². The summed E-state index contributed by atoms with van der Waals surface area (Å²) in [7, 11) is 0. The fourth-order valence-electron chi connectivity index (χ4n) is 8.39. The Balaban J connectivity index is 1.28. The Morgan fingerprint density at radius 1 is 0.516 bits per heavy atom. The molecule has 2 unspecified atom stereocenters. The molecule has 2 aromatic heterocycles. The van der Waals surface area contributed by atoms with Crippen molar-refractivity contribution in [1.82, 2.24) is 19.1 Å². The molecule has 0 radical (unpaired) electrons. The van der Waals surface area contributed by atoms with Crippen LogP contribution in [0.25, 0.3) is 56.2 Å². The molecule has 6 nitrogen and oxygen atoms in total. The second-order valence-corrected chi connectivity index (χ2v) is 15.5. The molecule has 0 bridgehead atoms. The molecule has 64 heavy (non-hydrogen) atoms. The predicted molar refractivity (Wildman–Crippen MR) is 226 cm³/mol. The van der Waals surface area contributed by atoms with Gasteiger partial charge < -0.3 is 4.90 Å². The highest BCUT2D eigenvalue weighted by molar-refractivity contribution is 6.14. The third-order valence-corrected chi connectivity index (χ3v) is 11.3. The molecule has 0 saturated heterocycles. The number of amidine groups is 1. The monoisotopic (exact) mass is 872 g/mol. The number of alkyl halides is 9. The minimum atomic E-state index is -4.69. The van der Waals surface area contributed by atoms with Gasteiger partial charge in [0.05, 0.1) is 38.8 Å². The highest BCUT2D eigenvalue weighted by Gasteiger charge is 2.47. The van der Waals surface area contributed by atoms with E-state index >= 15 is 0 Å². The van der Waals surface area contributed by atoms with Gasteiger partial charge in [0.2, 0.25) is 0 Å². The maximum absolute atomic E-state index is 14.3. The van der Waals surface area contributed by atoms with Crippen LogP contribution in [-0.4, -0.2) is 36.5 Å². The molecular formula is C49H29F9N6. The average Bonchev–Trinajstić information content (AvgIpc) is 3.95. The third kappa shape index (κ3) is 6.86. The molecule has 2 aliphatic rings. The van der Waals surface area contributed by atoms with E-state index in [-0.39, 0.29) is 34.5 Å². The second-order valence-electron chi connectivity index (χ2n) is 15.5. The third-order valence-electron chi connectivity index (χ3n) is 11.3. The molecule has 318 valence electrons. The molecule has 3 heterocycles. The van der Waals surface area contributed by atoms with Gasteiger partial charge >= 0.3 is 18.5 Å². The number of aromatic nitrogens is 4. The summed E-state index contributed by atoms with van der Waals surface area (Å²) in [5, 5.41) is 0. The normalized spacial score (nSPS) is 17.4. The topological polar surface area (TPSA) is 51.2 Å². The Hall–Kier alpha value is -7.60. The number of imidazole rings is 2. The number of anilines is 1. The number of nitrogens with zero attached hydrogens (tertiary/aromatic N) is 6. The van der Waals surface area contributed by atoms with Crippen molar-refractivity contribution < 1.29 is 39.5 Å². The lowest BCUT2D eigenvalue weighted by atomic mass is 9.89. The summed E-state index contributed by atoms with van der Waals surface area (Å²) in [6.07, 6.45) is -10.7. The van der Waals surface area contributed by atoms with Crippen molar-refractivity contribution in [3.63, 3.8) is 0 Å². The van der Waals surface area contributed by atoms with Crippen LogP contribution in [0, 0.1) is 11.8 Å². The van der Waals surface area contributed by atoms with E-state index in [4.69, 9.17) is 15.0 Å². The summed E-state index contributed by atoms with van der Waals surface area (Å²) in [5.74, 6) is 6.66. The molecule has 8 aromatic rings. The maximum atomic E-state index is 14.3. The summed E-state index contributed by atoms with van der Waals surface area (Å²) in [4.78, 5) is 16.6. The largest absolute Gasteiger partial charge is 0.416 e. The number of hydrogen-bond donors (Lipinski definition) is 0. The van der Waals surface area contributed by atoms with Gasteiger partial charge in [-0.1, -0.05) is 54.3 Å². The Labute approximate surface area is 358 Å². The Bertz CT molecular complexity index is 3150. The summed E-state index contributed by atoms with van der Waals surface area (Å²) in [6, 6.07) is 32.4. The highest BCUT2D eigenvalue weighted by Crippen LogP contribution is 2.43. The number of hydrogen-bond acceptors (Lipinski definition) is 4. The molecule has 1 aliphatic carbocycles. The van der Waals surface area contributed by atoms with Crippen LogP contribution in [0.5, 0.6) is 0 Å². The Kier molecular flexibility index (Phi) is 9.16. The van der Waals surface area contributed by atoms with Gasteiger partial charge in [-0.3, -0.25) is 14.1 Å².